The molecular formula is C15H11FN2O4. The highest BCUT2D eigenvalue weighted by Gasteiger charge is 2.13. The highest BCUT2D eigenvalue weighted by Crippen LogP contribution is 2.24. The van der Waals surface area contributed by atoms with Gasteiger partial charge in [0.05, 0.1) is 6.54 Å². The fourth-order valence-corrected chi connectivity index (χ4v) is 2.21. The van der Waals surface area contributed by atoms with E-state index < -0.39 is 22.6 Å². The van der Waals surface area contributed by atoms with Crippen molar-refractivity contribution >= 4 is 5.52 Å². The molecule has 0 aliphatic heterocycles. The van der Waals surface area contributed by atoms with E-state index in [-0.39, 0.29) is 17.9 Å². The van der Waals surface area contributed by atoms with E-state index in [1.165, 1.54) is 41.2 Å². The molecule has 7 heteroatoms. The third kappa shape index (κ3) is 2.22. The van der Waals surface area contributed by atoms with Crippen LogP contribution in [0, 0.1) is 5.82 Å². The monoisotopic (exact) mass is 302 g/mol. The first kappa shape index (κ1) is 13.9. The molecule has 0 amide bonds. The van der Waals surface area contributed by atoms with Gasteiger partial charge in [-0.3, -0.25) is 14.0 Å². The summed E-state index contributed by atoms with van der Waals surface area (Å²) in [5.74, 6) is -1.69. The number of hydrogen-bond donors (Lipinski definition) is 2. The maximum absolute atomic E-state index is 12.9. The van der Waals surface area contributed by atoms with Gasteiger partial charge in [-0.05, 0) is 17.7 Å². The molecule has 0 bridgehead atoms. The first-order chi connectivity index (χ1) is 10.5. The number of benzene rings is 1. The van der Waals surface area contributed by atoms with Gasteiger partial charge < -0.3 is 14.8 Å². The zero-order chi connectivity index (χ0) is 15.9. The zero-order valence-corrected chi connectivity index (χ0v) is 11.2. The van der Waals surface area contributed by atoms with E-state index in [0.717, 1.165) is 10.5 Å². The molecule has 22 heavy (non-hydrogen) atoms. The van der Waals surface area contributed by atoms with Gasteiger partial charge in [0, 0.05) is 18.5 Å². The second kappa shape index (κ2) is 5.03. The summed E-state index contributed by atoms with van der Waals surface area (Å²) in [6.45, 7) is 0.138. The van der Waals surface area contributed by atoms with E-state index in [2.05, 4.69) is 0 Å². The SMILES string of the molecule is O=c1c2c(O)c(O)cc(=O)n2ccn1Cc1ccc(F)cc1. The maximum Gasteiger partial charge on any atom is 0.279 e. The Kier molecular flexibility index (Phi) is 3.17. The number of aromatic hydroxyl groups is 2. The van der Waals surface area contributed by atoms with E-state index in [1.54, 1.807) is 0 Å². The third-order valence-corrected chi connectivity index (χ3v) is 3.33. The molecular weight excluding hydrogens is 291 g/mol. The van der Waals surface area contributed by atoms with Gasteiger partial charge in [-0.2, -0.15) is 0 Å². The minimum Gasteiger partial charge on any atom is -0.504 e. The number of nitrogens with zero attached hydrogens (tertiary/aromatic N) is 2. The molecule has 2 N–H and O–H groups in total. The summed E-state index contributed by atoms with van der Waals surface area (Å²) in [5.41, 5.74) is -0.905. The average molecular weight is 302 g/mol. The number of fused-ring (bicyclic) bond motifs is 1. The van der Waals surface area contributed by atoms with Crippen LogP contribution in [0.1, 0.15) is 5.56 Å². The van der Waals surface area contributed by atoms with E-state index in [1.807, 2.05) is 0 Å². The Morgan fingerprint density at radius 3 is 2.41 bits per heavy atom. The van der Waals surface area contributed by atoms with Crippen LogP contribution in [0.4, 0.5) is 4.39 Å². The molecule has 0 aliphatic rings. The standard InChI is InChI=1S/C15H11FN2O4/c16-10-3-1-9(2-4-10)8-17-5-6-18-12(20)7-11(19)14(21)13(18)15(17)22/h1-7,19,21H,8H2. The lowest BCUT2D eigenvalue weighted by Gasteiger charge is -2.09. The van der Waals surface area contributed by atoms with Crippen molar-refractivity contribution in [3.63, 3.8) is 0 Å². The first-order valence-electron chi connectivity index (χ1n) is 6.38. The minimum absolute atomic E-state index is 0.138. The third-order valence-electron chi connectivity index (χ3n) is 3.33. The molecule has 0 radical (unpaired) electrons. The average Bonchev–Trinajstić information content (AvgIpc) is 2.49. The molecule has 0 spiro atoms. The first-order valence-corrected chi connectivity index (χ1v) is 6.38. The van der Waals surface area contributed by atoms with Gasteiger partial charge in [-0.1, -0.05) is 12.1 Å². The second-order valence-electron chi connectivity index (χ2n) is 4.79. The number of hydrogen-bond acceptors (Lipinski definition) is 4. The summed E-state index contributed by atoms with van der Waals surface area (Å²) in [4.78, 5) is 24.1. The Hall–Kier alpha value is -3.09. The van der Waals surface area contributed by atoms with Gasteiger partial charge >= 0.3 is 0 Å². The predicted molar refractivity (Wildman–Crippen MR) is 76.8 cm³/mol. The normalized spacial score (nSPS) is 11.0. The summed E-state index contributed by atoms with van der Waals surface area (Å²) in [7, 11) is 0. The molecule has 0 aliphatic carbocycles. The molecule has 6 nitrogen and oxygen atoms in total. The van der Waals surface area contributed by atoms with Gasteiger partial charge in [-0.25, -0.2) is 4.39 Å². The van der Waals surface area contributed by atoms with Crippen LogP contribution in [-0.4, -0.2) is 19.2 Å². The summed E-state index contributed by atoms with van der Waals surface area (Å²) >= 11 is 0. The molecule has 0 saturated heterocycles. The lowest BCUT2D eigenvalue weighted by Crippen LogP contribution is -2.26. The minimum atomic E-state index is -0.655. The Labute approximate surface area is 122 Å². The topological polar surface area (TPSA) is 83.9 Å². The van der Waals surface area contributed by atoms with Crippen LogP contribution in [0.5, 0.6) is 11.5 Å². The zero-order valence-electron chi connectivity index (χ0n) is 11.2. The molecule has 0 atom stereocenters. The summed E-state index contributed by atoms with van der Waals surface area (Å²) in [5, 5.41) is 19.3. The van der Waals surface area contributed by atoms with Crippen molar-refractivity contribution in [2.45, 2.75) is 6.54 Å². The van der Waals surface area contributed by atoms with Crippen LogP contribution >= 0.6 is 0 Å². The molecule has 1 aromatic carbocycles. The Morgan fingerprint density at radius 2 is 1.73 bits per heavy atom. The molecule has 2 heterocycles. The van der Waals surface area contributed by atoms with Crippen LogP contribution in [-0.2, 0) is 6.54 Å². The largest absolute Gasteiger partial charge is 0.504 e. The molecule has 0 unspecified atom stereocenters. The summed E-state index contributed by atoms with van der Waals surface area (Å²) in [6.07, 6.45) is 2.71. The summed E-state index contributed by atoms with van der Waals surface area (Å²) < 4.78 is 15.1. The highest BCUT2D eigenvalue weighted by atomic mass is 19.1. The Balaban J connectivity index is 2.18. The van der Waals surface area contributed by atoms with Crippen LogP contribution in [0.25, 0.3) is 5.52 Å². The van der Waals surface area contributed by atoms with Gasteiger partial charge in [0.15, 0.2) is 17.0 Å². The van der Waals surface area contributed by atoms with Crippen molar-refractivity contribution in [3.05, 3.63) is 74.8 Å². The fourth-order valence-electron chi connectivity index (χ4n) is 2.21. The highest BCUT2D eigenvalue weighted by molar-refractivity contribution is 5.63. The van der Waals surface area contributed by atoms with Crippen molar-refractivity contribution < 1.29 is 14.6 Å². The van der Waals surface area contributed by atoms with Crippen molar-refractivity contribution in [1.82, 2.24) is 8.97 Å². The van der Waals surface area contributed by atoms with E-state index in [0.29, 0.717) is 5.56 Å². The molecule has 0 fully saturated rings. The van der Waals surface area contributed by atoms with Gasteiger partial charge in [-0.15, -0.1) is 0 Å². The lowest BCUT2D eigenvalue weighted by atomic mass is 10.2. The number of pyridine rings is 1. The van der Waals surface area contributed by atoms with Gasteiger partial charge in [0.1, 0.15) is 5.82 Å². The molecule has 0 saturated carbocycles. The molecule has 3 aromatic rings. The smallest absolute Gasteiger partial charge is 0.279 e. The number of aromatic nitrogens is 2. The quantitative estimate of drug-likeness (QED) is 0.741. The fraction of sp³-hybridized carbons (Fsp3) is 0.0667. The Morgan fingerprint density at radius 1 is 1.05 bits per heavy atom. The van der Waals surface area contributed by atoms with Gasteiger partial charge in [0.25, 0.3) is 11.1 Å². The van der Waals surface area contributed by atoms with E-state index in [4.69, 9.17) is 0 Å². The lowest BCUT2D eigenvalue weighted by molar-refractivity contribution is 0.404. The maximum atomic E-state index is 12.9. The number of rotatable bonds is 2. The number of halogens is 1. The van der Waals surface area contributed by atoms with Crippen molar-refractivity contribution in [3.8, 4) is 11.5 Å². The molecule has 2 aromatic heterocycles. The molecule has 112 valence electrons. The van der Waals surface area contributed by atoms with Crippen molar-refractivity contribution in [2.24, 2.45) is 0 Å². The predicted octanol–water partition coefficient (Wildman–Crippen LogP) is 1.06. The molecule has 3 rings (SSSR count). The van der Waals surface area contributed by atoms with E-state index in [9.17, 15) is 24.2 Å². The van der Waals surface area contributed by atoms with Crippen LogP contribution in [0.15, 0.2) is 52.3 Å². The van der Waals surface area contributed by atoms with Crippen molar-refractivity contribution in [2.75, 3.05) is 0 Å². The second-order valence-corrected chi connectivity index (χ2v) is 4.79. The van der Waals surface area contributed by atoms with Gasteiger partial charge in [0.2, 0.25) is 0 Å². The Bertz CT molecular complexity index is 974. The van der Waals surface area contributed by atoms with Crippen LogP contribution in [0.2, 0.25) is 0 Å². The van der Waals surface area contributed by atoms with E-state index >= 15 is 0 Å². The summed E-state index contributed by atoms with van der Waals surface area (Å²) in [6, 6.07) is 6.43. The van der Waals surface area contributed by atoms with Crippen molar-refractivity contribution in [1.29, 1.82) is 0 Å². The van der Waals surface area contributed by atoms with Crippen LogP contribution in [0.3, 0.4) is 0 Å². The van der Waals surface area contributed by atoms with Crippen LogP contribution < -0.4 is 11.1 Å².